The van der Waals surface area contributed by atoms with Gasteiger partial charge in [0.2, 0.25) is 0 Å². The number of hydrogen-bond donors (Lipinski definition) is 1. The maximum atomic E-state index is 3.51. The summed E-state index contributed by atoms with van der Waals surface area (Å²) in [7, 11) is 0. The normalized spacial score (nSPS) is 25.0. The molecule has 2 rings (SSSR count). The summed E-state index contributed by atoms with van der Waals surface area (Å²) in [6.07, 6.45) is 3.30. The van der Waals surface area contributed by atoms with Crippen LogP contribution < -0.4 is 10.2 Å². The average molecular weight is 250 g/mol. The molecule has 1 aliphatic heterocycles. The fourth-order valence-electron chi connectivity index (χ4n) is 2.45. The molecule has 1 saturated heterocycles. The summed E-state index contributed by atoms with van der Waals surface area (Å²) in [6.45, 7) is 7.89. The molecule has 0 aromatic heterocycles. The molecule has 0 spiro atoms. The SMILES string of the molecule is CCC1(C)CNCCN1c1cccc(SC)c1. The van der Waals surface area contributed by atoms with Crippen LogP contribution in [-0.2, 0) is 0 Å². The highest BCUT2D eigenvalue weighted by atomic mass is 32.2. The molecule has 1 aromatic rings. The Labute approximate surface area is 109 Å². The van der Waals surface area contributed by atoms with Crippen molar-refractivity contribution in [2.24, 2.45) is 0 Å². The van der Waals surface area contributed by atoms with Crippen molar-refractivity contribution in [3.8, 4) is 0 Å². The van der Waals surface area contributed by atoms with Gasteiger partial charge in [0.25, 0.3) is 0 Å². The number of benzene rings is 1. The first-order valence-electron chi connectivity index (χ1n) is 6.32. The predicted molar refractivity (Wildman–Crippen MR) is 77.1 cm³/mol. The maximum absolute atomic E-state index is 3.51. The van der Waals surface area contributed by atoms with Crippen molar-refractivity contribution in [2.45, 2.75) is 30.7 Å². The lowest BCUT2D eigenvalue weighted by Gasteiger charge is -2.46. The molecular formula is C14H22N2S. The van der Waals surface area contributed by atoms with Crippen LogP contribution in [0.25, 0.3) is 0 Å². The lowest BCUT2D eigenvalue weighted by Crippen LogP contribution is -2.59. The first-order valence-corrected chi connectivity index (χ1v) is 7.54. The van der Waals surface area contributed by atoms with Gasteiger partial charge in [-0.05, 0) is 37.8 Å². The molecule has 17 heavy (non-hydrogen) atoms. The van der Waals surface area contributed by atoms with Crippen LogP contribution in [0.3, 0.4) is 0 Å². The van der Waals surface area contributed by atoms with Gasteiger partial charge in [0.1, 0.15) is 0 Å². The standard InChI is InChI=1S/C14H22N2S/c1-4-14(2)11-15-8-9-16(14)12-6-5-7-13(10-12)17-3/h5-7,10,15H,4,8-9,11H2,1-3H3. The van der Waals surface area contributed by atoms with Crippen molar-refractivity contribution in [3.63, 3.8) is 0 Å². The van der Waals surface area contributed by atoms with Crippen molar-refractivity contribution in [1.29, 1.82) is 0 Å². The molecule has 1 heterocycles. The molecule has 1 atom stereocenters. The Balaban J connectivity index is 2.29. The van der Waals surface area contributed by atoms with E-state index in [0.717, 1.165) is 19.6 Å². The molecule has 0 radical (unpaired) electrons. The zero-order valence-corrected chi connectivity index (χ0v) is 11.8. The lowest BCUT2D eigenvalue weighted by atomic mass is 9.93. The monoisotopic (exact) mass is 250 g/mol. The third-order valence-corrected chi connectivity index (χ3v) is 4.52. The topological polar surface area (TPSA) is 15.3 Å². The van der Waals surface area contributed by atoms with Gasteiger partial charge in [-0.1, -0.05) is 13.0 Å². The zero-order chi connectivity index (χ0) is 12.3. The summed E-state index contributed by atoms with van der Waals surface area (Å²) < 4.78 is 0. The van der Waals surface area contributed by atoms with Gasteiger partial charge in [0, 0.05) is 35.8 Å². The highest BCUT2D eigenvalue weighted by molar-refractivity contribution is 7.98. The highest BCUT2D eigenvalue weighted by Crippen LogP contribution is 2.30. The first-order chi connectivity index (χ1) is 8.19. The van der Waals surface area contributed by atoms with Crippen LogP contribution in [0.5, 0.6) is 0 Å². The van der Waals surface area contributed by atoms with Gasteiger partial charge < -0.3 is 10.2 Å². The molecule has 1 aromatic carbocycles. The van der Waals surface area contributed by atoms with Crippen molar-refractivity contribution >= 4 is 17.4 Å². The highest BCUT2D eigenvalue weighted by Gasteiger charge is 2.32. The summed E-state index contributed by atoms with van der Waals surface area (Å²) in [5, 5.41) is 3.51. The van der Waals surface area contributed by atoms with Crippen LogP contribution in [0.2, 0.25) is 0 Å². The van der Waals surface area contributed by atoms with Crippen molar-refractivity contribution in [2.75, 3.05) is 30.8 Å². The third-order valence-electron chi connectivity index (χ3n) is 3.80. The van der Waals surface area contributed by atoms with Crippen LogP contribution in [0.1, 0.15) is 20.3 Å². The Morgan fingerprint density at radius 1 is 1.47 bits per heavy atom. The van der Waals surface area contributed by atoms with Crippen molar-refractivity contribution in [1.82, 2.24) is 5.32 Å². The van der Waals surface area contributed by atoms with E-state index >= 15 is 0 Å². The van der Waals surface area contributed by atoms with Crippen LogP contribution in [0.4, 0.5) is 5.69 Å². The maximum Gasteiger partial charge on any atom is 0.0496 e. The minimum absolute atomic E-state index is 0.245. The second-order valence-electron chi connectivity index (χ2n) is 4.88. The lowest BCUT2D eigenvalue weighted by molar-refractivity contribution is 0.342. The van der Waals surface area contributed by atoms with E-state index in [1.165, 1.54) is 17.0 Å². The van der Waals surface area contributed by atoms with Gasteiger partial charge in [-0.2, -0.15) is 0 Å². The van der Waals surface area contributed by atoms with E-state index < -0.39 is 0 Å². The van der Waals surface area contributed by atoms with Gasteiger partial charge in [-0.15, -0.1) is 11.8 Å². The van der Waals surface area contributed by atoms with E-state index in [9.17, 15) is 0 Å². The second-order valence-corrected chi connectivity index (χ2v) is 5.76. The van der Waals surface area contributed by atoms with Crippen LogP contribution in [-0.4, -0.2) is 31.4 Å². The fraction of sp³-hybridized carbons (Fsp3) is 0.571. The molecule has 0 aliphatic carbocycles. The number of thioether (sulfide) groups is 1. The molecule has 1 unspecified atom stereocenters. The molecule has 1 fully saturated rings. The Hall–Kier alpha value is -0.670. The molecule has 1 N–H and O–H groups in total. The molecule has 0 saturated carbocycles. The minimum atomic E-state index is 0.245. The average Bonchev–Trinajstić information content (AvgIpc) is 2.39. The first kappa shape index (κ1) is 12.8. The number of hydrogen-bond acceptors (Lipinski definition) is 3. The van der Waals surface area contributed by atoms with Crippen LogP contribution in [0, 0.1) is 0 Å². The Bertz CT molecular complexity index is 380. The summed E-state index contributed by atoms with van der Waals surface area (Å²) in [4.78, 5) is 3.91. The number of rotatable bonds is 3. The van der Waals surface area contributed by atoms with Gasteiger partial charge in [-0.25, -0.2) is 0 Å². The summed E-state index contributed by atoms with van der Waals surface area (Å²) in [6, 6.07) is 8.89. The van der Waals surface area contributed by atoms with Gasteiger partial charge in [0.15, 0.2) is 0 Å². The van der Waals surface area contributed by atoms with E-state index in [2.05, 4.69) is 54.6 Å². The molecular weight excluding hydrogens is 228 g/mol. The molecule has 0 amide bonds. The quantitative estimate of drug-likeness (QED) is 0.830. The number of nitrogens with zero attached hydrogens (tertiary/aromatic N) is 1. The molecule has 1 aliphatic rings. The Morgan fingerprint density at radius 3 is 3.00 bits per heavy atom. The smallest absolute Gasteiger partial charge is 0.0496 e. The summed E-state index contributed by atoms with van der Waals surface area (Å²) in [5.74, 6) is 0. The minimum Gasteiger partial charge on any atom is -0.364 e. The largest absolute Gasteiger partial charge is 0.364 e. The second kappa shape index (κ2) is 5.32. The predicted octanol–water partition coefficient (Wildman–Crippen LogP) is 2.99. The van der Waals surface area contributed by atoms with Gasteiger partial charge in [0.05, 0.1) is 0 Å². The van der Waals surface area contributed by atoms with E-state index in [-0.39, 0.29) is 5.54 Å². The van der Waals surface area contributed by atoms with Gasteiger partial charge in [-0.3, -0.25) is 0 Å². The molecule has 0 bridgehead atoms. The van der Waals surface area contributed by atoms with Gasteiger partial charge >= 0.3 is 0 Å². The summed E-state index contributed by atoms with van der Waals surface area (Å²) >= 11 is 1.81. The number of nitrogens with one attached hydrogen (secondary N) is 1. The zero-order valence-electron chi connectivity index (χ0n) is 11.0. The third kappa shape index (κ3) is 2.61. The number of anilines is 1. The van der Waals surface area contributed by atoms with E-state index in [4.69, 9.17) is 0 Å². The fourth-order valence-corrected chi connectivity index (χ4v) is 2.90. The molecule has 94 valence electrons. The Kier molecular flexibility index (Phi) is 4.00. The summed E-state index contributed by atoms with van der Waals surface area (Å²) in [5.41, 5.74) is 1.61. The molecule has 2 nitrogen and oxygen atoms in total. The molecule has 3 heteroatoms. The van der Waals surface area contributed by atoms with E-state index in [1.54, 1.807) is 0 Å². The van der Waals surface area contributed by atoms with E-state index in [1.807, 2.05) is 11.8 Å². The van der Waals surface area contributed by atoms with E-state index in [0.29, 0.717) is 0 Å². The Morgan fingerprint density at radius 2 is 2.29 bits per heavy atom. The van der Waals surface area contributed by atoms with Crippen molar-refractivity contribution in [3.05, 3.63) is 24.3 Å². The van der Waals surface area contributed by atoms with Crippen LogP contribution >= 0.6 is 11.8 Å². The van der Waals surface area contributed by atoms with Crippen LogP contribution in [0.15, 0.2) is 29.2 Å². The number of piperazine rings is 1. The van der Waals surface area contributed by atoms with Crippen molar-refractivity contribution < 1.29 is 0 Å².